The van der Waals surface area contributed by atoms with E-state index in [-0.39, 0.29) is 23.8 Å². The van der Waals surface area contributed by atoms with Gasteiger partial charge >= 0.3 is 0 Å². The SMILES string of the molecule is O[C@@H]1CCCC[C@H]2[C@H]1[C@@H](c1cccc(F)c1)CN2Cc1ccccc1. The number of nitrogens with zero attached hydrogens (tertiary/aromatic N) is 1. The molecule has 1 saturated heterocycles. The molecule has 1 aliphatic carbocycles. The first kappa shape index (κ1) is 16.7. The van der Waals surface area contributed by atoms with E-state index in [1.54, 1.807) is 12.1 Å². The largest absolute Gasteiger partial charge is 0.393 e. The molecule has 1 N–H and O–H groups in total. The highest BCUT2D eigenvalue weighted by molar-refractivity contribution is 5.26. The van der Waals surface area contributed by atoms with Crippen LogP contribution in [0.3, 0.4) is 0 Å². The number of fused-ring (bicyclic) bond motifs is 1. The fraction of sp³-hybridized carbons (Fsp3) is 0.455. The second-order valence-electron chi connectivity index (χ2n) is 7.57. The Morgan fingerprint density at radius 3 is 2.60 bits per heavy atom. The van der Waals surface area contributed by atoms with Gasteiger partial charge in [0, 0.05) is 31.0 Å². The molecular weight excluding hydrogens is 313 g/mol. The highest BCUT2D eigenvalue weighted by Crippen LogP contribution is 2.44. The van der Waals surface area contributed by atoms with Gasteiger partial charge in [0.15, 0.2) is 0 Å². The van der Waals surface area contributed by atoms with Crippen molar-refractivity contribution in [3.05, 3.63) is 71.5 Å². The van der Waals surface area contributed by atoms with Gasteiger partial charge in [0.2, 0.25) is 0 Å². The molecular formula is C22H26FNO. The monoisotopic (exact) mass is 339 g/mol. The summed E-state index contributed by atoms with van der Waals surface area (Å²) in [6.45, 7) is 1.80. The number of benzene rings is 2. The Morgan fingerprint density at radius 1 is 1.00 bits per heavy atom. The Labute approximate surface area is 149 Å². The summed E-state index contributed by atoms with van der Waals surface area (Å²) in [7, 11) is 0. The minimum absolute atomic E-state index is 0.182. The van der Waals surface area contributed by atoms with Gasteiger partial charge < -0.3 is 5.11 Å². The number of aliphatic hydroxyl groups is 1. The van der Waals surface area contributed by atoms with E-state index in [2.05, 4.69) is 29.2 Å². The molecule has 2 aromatic carbocycles. The molecule has 1 heterocycles. The van der Waals surface area contributed by atoms with E-state index in [1.165, 1.54) is 18.1 Å². The van der Waals surface area contributed by atoms with Crippen molar-refractivity contribution in [1.29, 1.82) is 0 Å². The van der Waals surface area contributed by atoms with E-state index in [9.17, 15) is 9.50 Å². The summed E-state index contributed by atoms with van der Waals surface area (Å²) in [4.78, 5) is 2.52. The van der Waals surface area contributed by atoms with Crippen LogP contribution in [0.15, 0.2) is 54.6 Å². The molecule has 2 fully saturated rings. The van der Waals surface area contributed by atoms with Crippen molar-refractivity contribution in [2.75, 3.05) is 6.54 Å². The molecule has 4 atom stereocenters. The van der Waals surface area contributed by atoms with E-state index in [4.69, 9.17) is 0 Å². The lowest BCUT2D eigenvalue weighted by Gasteiger charge is -2.29. The molecule has 0 bridgehead atoms. The summed E-state index contributed by atoms with van der Waals surface area (Å²) in [6, 6.07) is 17.9. The van der Waals surface area contributed by atoms with Gasteiger partial charge in [0.05, 0.1) is 6.10 Å². The fourth-order valence-electron chi connectivity index (χ4n) is 4.88. The highest BCUT2D eigenvalue weighted by Gasteiger charge is 2.46. The van der Waals surface area contributed by atoms with Crippen molar-refractivity contribution in [3.63, 3.8) is 0 Å². The Hall–Kier alpha value is -1.71. The molecule has 4 rings (SSSR count). The molecule has 2 nitrogen and oxygen atoms in total. The number of rotatable bonds is 3. The maximum Gasteiger partial charge on any atom is 0.123 e. The summed E-state index contributed by atoms with van der Waals surface area (Å²) in [5.74, 6) is 0.226. The van der Waals surface area contributed by atoms with Crippen molar-refractivity contribution in [2.45, 2.75) is 50.3 Å². The van der Waals surface area contributed by atoms with Crippen molar-refractivity contribution >= 4 is 0 Å². The van der Waals surface area contributed by atoms with E-state index in [0.717, 1.165) is 37.9 Å². The van der Waals surface area contributed by atoms with Crippen LogP contribution in [0.5, 0.6) is 0 Å². The minimum Gasteiger partial charge on any atom is -0.393 e. The summed E-state index contributed by atoms with van der Waals surface area (Å²) in [5.41, 5.74) is 2.34. The molecule has 0 spiro atoms. The van der Waals surface area contributed by atoms with Crippen LogP contribution in [0.2, 0.25) is 0 Å². The first-order chi connectivity index (χ1) is 12.2. The van der Waals surface area contributed by atoms with Crippen LogP contribution in [0.1, 0.15) is 42.7 Å². The fourth-order valence-corrected chi connectivity index (χ4v) is 4.88. The quantitative estimate of drug-likeness (QED) is 0.899. The number of halogens is 1. The van der Waals surface area contributed by atoms with Gasteiger partial charge in [-0.1, -0.05) is 55.3 Å². The zero-order chi connectivity index (χ0) is 17.2. The molecule has 2 aromatic rings. The molecule has 132 valence electrons. The van der Waals surface area contributed by atoms with Crippen molar-refractivity contribution in [1.82, 2.24) is 4.90 Å². The van der Waals surface area contributed by atoms with E-state index in [1.807, 2.05) is 12.1 Å². The Balaban J connectivity index is 1.65. The van der Waals surface area contributed by atoms with Gasteiger partial charge in [-0.05, 0) is 36.1 Å². The maximum atomic E-state index is 13.8. The van der Waals surface area contributed by atoms with Gasteiger partial charge in [0.25, 0.3) is 0 Å². The predicted octanol–water partition coefficient (Wildman–Crippen LogP) is 4.34. The van der Waals surface area contributed by atoms with Crippen LogP contribution in [-0.2, 0) is 6.54 Å². The zero-order valence-corrected chi connectivity index (χ0v) is 14.5. The van der Waals surface area contributed by atoms with Gasteiger partial charge in [-0.3, -0.25) is 4.90 Å². The minimum atomic E-state index is -0.290. The first-order valence-electron chi connectivity index (χ1n) is 9.44. The average molecular weight is 339 g/mol. The molecule has 1 aliphatic heterocycles. The van der Waals surface area contributed by atoms with Gasteiger partial charge in [0.1, 0.15) is 5.82 Å². The molecule has 0 aromatic heterocycles. The van der Waals surface area contributed by atoms with Crippen LogP contribution >= 0.6 is 0 Å². The third kappa shape index (κ3) is 3.49. The van der Waals surface area contributed by atoms with Crippen LogP contribution < -0.4 is 0 Å². The molecule has 0 radical (unpaired) electrons. The molecule has 0 unspecified atom stereocenters. The Kier molecular flexibility index (Phi) is 4.87. The van der Waals surface area contributed by atoms with Crippen LogP contribution in [0, 0.1) is 11.7 Å². The third-order valence-corrected chi connectivity index (χ3v) is 6.01. The molecule has 2 aliphatic rings. The van der Waals surface area contributed by atoms with Crippen molar-refractivity contribution in [2.24, 2.45) is 5.92 Å². The normalized spacial score (nSPS) is 30.0. The summed E-state index contributed by atoms with van der Waals surface area (Å²) < 4.78 is 13.8. The molecule has 1 saturated carbocycles. The third-order valence-electron chi connectivity index (χ3n) is 6.01. The van der Waals surface area contributed by atoms with E-state index >= 15 is 0 Å². The lowest BCUT2D eigenvalue weighted by molar-refractivity contribution is 0.0753. The average Bonchev–Trinajstić information content (AvgIpc) is 2.86. The lowest BCUT2D eigenvalue weighted by atomic mass is 9.81. The number of hydrogen-bond acceptors (Lipinski definition) is 2. The topological polar surface area (TPSA) is 23.5 Å². The first-order valence-corrected chi connectivity index (χ1v) is 9.44. The van der Waals surface area contributed by atoms with Crippen LogP contribution in [0.25, 0.3) is 0 Å². The maximum absolute atomic E-state index is 13.8. The van der Waals surface area contributed by atoms with Gasteiger partial charge in [-0.15, -0.1) is 0 Å². The zero-order valence-electron chi connectivity index (χ0n) is 14.5. The number of aliphatic hydroxyl groups excluding tert-OH is 1. The smallest absolute Gasteiger partial charge is 0.123 e. The second-order valence-corrected chi connectivity index (χ2v) is 7.57. The number of likely N-dealkylation sites (tertiary alicyclic amines) is 1. The Bertz CT molecular complexity index is 704. The summed E-state index contributed by atoms with van der Waals surface area (Å²) >= 11 is 0. The van der Waals surface area contributed by atoms with Gasteiger partial charge in [-0.2, -0.15) is 0 Å². The van der Waals surface area contributed by atoms with Crippen LogP contribution in [-0.4, -0.2) is 28.7 Å². The highest BCUT2D eigenvalue weighted by atomic mass is 19.1. The summed E-state index contributed by atoms with van der Waals surface area (Å²) in [5, 5.41) is 10.8. The molecule has 3 heteroatoms. The second kappa shape index (κ2) is 7.27. The van der Waals surface area contributed by atoms with Gasteiger partial charge in [-0.25, -0.2) is 4.39 Å². The molecule has 0 amide bonds. The van der Waals surface area contributed by atoms with Crippen molar-refractivity contribution in [3.8, 4) is 0 Å². The Morgan fingerprint density at radius 2 is 1.80 bits per heavy atom. The standard InChI is InChI=1S/C22H26FNO/c23-18-10-6-9-17(13-18)19-15-24(14-16-7-2-1-3-8-16)20-11-4-5-12-21(25)22(19)20/h1-3,6-10,13,19-22,25H,4-5,11-12,14-15H2/t19-,20+,21-,22-/m1/s1. The predicted molar refractivity (Wildman–Crippen MR) is 97.7 cm³/mol. The van der Waals surface area contributed by atoms with E-state index in [0.29, 0.717) is 6.04 Å². The van der Waals surface area contributed by atoms with E-state index < -0.39 is 0 Å². The van der Waals surface area contributed by atoms with Crippen LogP contribution in [0.4, 0.5) is 4.39 Å². The number of hydrogen-bond donors (Lipinski definition) is 1. The molecule has 25 heavy (non-hydrogen) atoms. The van der Waals surface area contributed by atoms with Crippen molar-refractivity contribution < 1.29 is 9.50 Å². The summed E-state index contributed by atoms with van der Waals surface area (Å²) in [6.07, 6.45) is 3.95. The lowest BCUT2D eigenvalue weighted by Crippen LogP contribution is -2.36.